The summed E-state index contributed by atoms with van der Waals surface area (Å²) in [5.41, 5.74) is -1.65. The first-order valence-corrected chi connectivity index (χ1v) is 9.29. The van der Waals surface area contributed by atoms with Gasteiger partial charge in [-0.25, -0.2) is 28.1 Å². The molecule has 3 heterocycles. The van der Waals surface area contributed by atoms with Crippen LogP contribution < -0.4 is 17.1 Å². The van der Waals surface area contributed by atoms with E-state index in [4.69, 9.17) is 9.47 Å². The van der Waals surface area contributed by atoms with Gasteiger partial charge < -0.3 is 9.47 Å². The van der Waals surface area contributed by atoms with E-state index in [1.165, 1.54) is 0 Å². The van der Waals surface area contributed by atoms with E-state index in [2.05, 4.69) is 0 Å². The highest BCUT2D eigenvalue weighted by Gasteiger charge is 2.29. The van der Waals surface area contributed by atoms with Gasteiger partial charge in [0.1, 0.15) is 0 Å². The maximum atomic E-state index is 12.4. The smallest absolute Gasteiger partial charge is 0.336 e. The molecule has 25 heavy (non-hydrogen) atoms. The largest absolute Gasteiger partial charge is 0.371 e. The van der Waals surface area contributed by atoms with Crippen LogP contribution in [0.2, 0.25) is 0 Å². The molecular weight excluding hydrogens is 326 g/mol. The van der Waals surface area contributed by atoms with Crippen LogP contribution in [0, 0.1) is 0 Å². The maximum Gasteiger partial charge on any atom is 0.336 e. The van der Waals surface area contributed by atoms with Gasteiger partial charge >= 0.3 is 17.1 Å². The van der Waals surface area contributed by atoms with E-state index in [1.54, 1.807) is 0 Å². The van der Waals surface area contributed by atoms with Crippen molar-refractivity contribution < 1.29 is 9.47 Å². The Morgan fingerprint density at radius 1 is 0.800 bits per heavy atom. The van der Waals surface area contributed by atoms with Gasteiger partial charge in [-0.3, -0.25) is 0 Å². The quantitative estimate of drug-likeness (QED) is 0.674. The van der Waals surface area contributed by atoms with Crippen molar-refractivity contribution in [3.8, 4) is 0 Å². The second kappa shape index (κ2) is 10.4. The Kier molecular flexibility index (Phi) is 8.85. The summed E-state index contributed by atoms with van der Waals surface area (Å²) in [5, 5.41) is 0. The molecule has 2 aliphatic rings. The van der Waals surface area contributed by atoms with Crippen molar-refractivity contribution in [3.63, 3.8) is 0 Å². The Hall–Kier alpha value is -1.67. The highest BCUT2D eigenvalue weighted by Crippen LogP contribution is 2.10. The molecule has 0 aliphatic carbocycles. The molecule has 1 aromatic rings. The monoisotopic (exact) mass is 357 g/mol. The van der Waals surface area contributed by atoms with Gasteiger partial charge in [0.25, 0.3) is 0 Å². The van der Waals surface area contributed by atoms with Gasteiger partial charge in [-0.05, 0) is 6.42 Å². The molecular formula is C17H31N3O5. The molecule has 2 aliphatic heterocycles. The summed E-state index contributed by atoms with van der Waals surface area (Å²) in [6, 6.07) is 0. The van der Waals surface area contributed by atoms with Crippen LogP contribution in [0.4, 0.5) is 0 Å². The van der Waals surface area contributed by atoms with Gasteiger partial charge in [0.15, 0.2) is 0 Å². The van der Waals surface area contributed by atoms with Crippen LogP contribution in [-0.4, -0.2) is 39.1 Å². The van der Waals surface area contributed by atoms with Gasteiger partial charge in [0.05, 0.1) is 38.5 Å². The average molecular weight is 357 g/mol. The standard InChI is InChI=1S/C13H19N3O5.2C2H6/c1-2-3-4-14-11(17)15(5-9-7-20-9)13(19)16(12(14)18)6-10-8-21-10;2*1-2/h9-10H,2-8H2,1H3;2*1-2H3. The Bertz CT molecular complexity index is 643. The van der Waals surface area contributed by atoms with Crippen molar-refractivity contribution >= 4 is 0 Å². The Labute approximate surface area is 148 Å². The van der Waals surface area contributed by atoms with Crippen LogP contribution in [0.25, 0.3) is 0 Å². The maximum absolute atomic E-state index is 12.4. The van der Waals surface area contributed by atoms with Gasteiger partial charge in [0.2, 0.25) is 0 Å². The molecule has 0 amide bonds. The van der Waals surface area contributed by atoms with Gasteiger partial charge in [-0.1, -0.05) is 41.0 Å². The SMILES string of the molecule is CC.CC.CCCCn1c(=O)n(CC2CO2)c(=O)n(CC2CO2)c1=O. The molecule has 8 nitrogen and oxygen atoms in total. The number of epoxide rings is 2. The van der Waals surface area contributed by atoms with E-state index in [1.807, 2.05) is 34.6 Å². The van der Waals surface area contributed by atoms with Crippen LogP contribution in [0.5, 0.6) is 0 Å². The number of nitrogens with zero attached hydrogens (tertiary/aromatic N) is 3. The topological polar surface area (TPSA) is 91.1 Å². The molecule has 1 aromatic heterocycles. The van der Waals surface area contributed by atoms with E-state index in [-0.39, 0.29) is 25.3 Å². The fourth-order valence-electron chi connectivity index (χ4n) is 2.26. The summed E-state index contributed by atoms with van der Waals surface area (Å²) < 4.78 is 13.5. The first-order valence-electron chi connectivity index (χ1n) is 9.29. The van der Waals surface area contributed by atoms with Crippen LogP contribution in [0.3, 0.4) is 0 Å². The summed E-state index contributed by atoms with van der Waals surface area (Å²) in [6.07, 6.45) is 1.38. The van der Waals surface area contributed by atoms with Crippen molar-refractivity contribution in [3.05, 3.63) is 31.5 Å². The van der Waals surface area contributed by atoms with E-state index < -0.39 is 17.1 Å². The zero-order valence-corrected chi connectivity index (χ0v) is 16.0. The minimum absolute atomic E-state index is 0.0989. The number of aromatic nitrogens is 3. The number of unbranched alkanes of at least 4 members (excludes halogenated alkanes) is 1. The Morgan fingerprint density at radius 2 is 1.16 bits per heavy atom. The van der Waals surface area contributed by atoms with E-state index in [0.717, 1.165) is 20.1 Å². The van der Waals surface area contributed by atoms with E-state index >= 15 is 0 Å². The second-order valence-electron chi connectivity index (χ2n) is 5.48. The van der Waals surface area contributed by atoms with Crippen molar-refractivity contribution in [1.29, 1.82) is 0 Å². The molecule has 0 radical (unpaired) electrons. The van der Waals surface area contributed by atoms with E-state index in [0.29, 0.717) is 26.2 Å². The number of hydrogen-bond acceptors (Lipinski definition) is 5. The zero-order valence-electron chi connectivity index (χ0n) is 16.0. The fourth-order valence-corrected chi connectivity index (χ4v) is 2.26. The molecule has 2 saturated heterocycles. The van der Waals surface area contributed by atoms with Gasteiger partial charge in [0, 0.05) is 6.54 Å². The summed E-state index contributed by atoms with van der Waals surface area (Å²) in [6.45, 7) is 11.8. The third-order valence-corrected chi connectivity index (χ3v) is 3.70. The van der Waals surface area contributed by atoms with Crippen LogP contribution in [0.15, 0.2) is 14.4 Å². The van der Waals surface area contributed by atoms with Crippen molar-refractivity contribution in [2.75, 3.05) is 13.2 Å². The first kappa shape index (κ1) is 21.4. The van der Waals surface area contributed by atoms with Gasteiger partial charge in [-0.2, -0.15) is 0 Å². The summed E-state index contributed by atoms with van der Waals surface area (Å²) >= 11 is 0. The summed E-state index contributed by atoms with van der Waals surface area (Å²) in [5.74, 6) is 0. The third-order valence-electron chi connectivity index (χ3n) is 3.70. The van der Waals surface area contributed by atoms with Crippen LogP contribution in [-0.2, 0) is 29.1 Å². The number of ether oxygens (including phenoxy) is 2. The first-order chi connectivity index (χ1) is 12.1. The highest BCUT2D eigenvalue weighted by atomic mass is 16.6. The molecule has 0 spiro atoms. The lowest BCUT2D eigenvalue weighted by Crippen LogP contribution is -2.55. The normalized spacial score (nSPS) is 20.0. The summed E-state index contributed by atoms with van der Waals surface area (Å²) in [7, 11) is 0. The average Bonchev–Trinajstić information content (AvgIpc) is 3.55. The zero-order chi connectivity index (χ0) is 19.0. The molecule has 2 unspecified atom stereocenters. The molecule has 8 heteroatoms. The second-order valence-corrected chi connectivity index (χ2v) is 5.48. The minimum atomic E-state index is -0.566. The van der Waals surface area contributed by atoms with Crippen molar-refractivity contribution in [2.45, 2.75) is 79.3 Å². The highest BCUT2D eigenvalue weighted by molar-refractivity contribution is 4.84. The Morgan fingerprint density at radius 3 is 1.48 bits per heavy atom. The minimum Gasteiger partial charge on any atom is -0.371 e. The molecule has 2 fully saturated rings. The van der Waals surface area contributed by atoms with Crippen molar-refractivity contribution in [1.82, 2.24) is 13.7 Å². The predicted octanol–water partition coefficient (Wildman–Crippen LogP) is 0.822. The molecule has 0 saturated carbocycles. The number of hydrogen-bond donors (Lipinski definition) is 0. The lowest BCUT2D eigenvalue weighted by molar-refractivity contribution is 0.339. The van der Waals surface area contributed by atoms with Crippen LogP contribution >= 0.6 is 0 Å². The lowest BCUT2D eigenvalue weighted by atomic mass is 10.3. The predicted molar refractivity (Wildman–Crippen MR) is 96.3 cm³/mol. The molecule has 3 rings (SSSR count). The molecule has 2 atom stereocenters. The lowest BCUT2D eigenvalue weighted by Gasteiger charge is -2.12. The van der Waals surface area contributed by atoms with E-state index in [9.17, 15) is 14.4 Å². The van der Waals surface area contributed by atoms with Crippen molar-refractivity contribution in [2.24, 2.45) is 0 Å². The Balaban J connectivity index is 0.000000730. The third kappa shape index (κ3) is 5.67. The molecule has 0 N–H and O–H groups in total. The molecule has 0 bridgehead atoms. The fraction of sp³-hybridized carbons (Fsp3) is 0.824. The van der Waals surface area contributed by atoms with Gasteiger partial charge in [-0.15, -0.1) is 0 Å². The molecule has 0 aromatic carbocycles. The molecule has 144 valence electrons. The number of rotatable bonds is 7. The van der Waals surface area contributed by atoms with Crippen LogP contribution in [0.1, 0.15) is 47.5 Å². The summed E-state index contributed by atoms with van der Waals surface area (Å²) in [4.78, 5) is 37.1.